The molecule has 0 saturated carbocycles. The molecule has 1 heterocycles. The second-order valence-electron chi connectivity index (χ2n) is 5.11. The number of ether oxygens (including phenoxy) is 1. The van der Waals surface area contributed by atoms with Gasteiger partial charge in [0.25, 0.3) is 0 Å². The molecule has 0 fully saturated rings. The Morgan fingerprint density at radius 1 is 1.30 bits per heavy atom. The number of methoxy groups -OCH3 is 1. The monoisotopic (exact) mass is 317 g/mol. The predicted molar refractivity (Wildman–Crippen MR) is 84.3 cm³/mol. The lowest BCUT2D eigenvalue weighted by molar-refractivity contribution is -0.140. The Labute approximate surface area is 133 Å². The Morgan fingerprint density at radius 3 is 2.61 bits per heavy atom. The number of anilines is 1. The fourth-order valence-corrected chi connectivity index (χ4v) is 2.18. The summed E-state index contributed by atoms with van der Waals surface area (Å²) in [6.45, 7) is 0.372. The zero-order chi connectivity index (χ0) is 16.8. The first-order chi connectivity index (χ1) is 11.0. The number of nitrogens with one attached hydrogen (secondary N) is 1. The van der Waals surface area contributed by atoms with Crippen LogP contribution in [0.25, 0.3) is 0 Å². The predicted octanol–water partition coefficient (Wildman–Crippen LogP) is 1.84. The highest BCUT2D eigenvalue weighted by Crippen LogP contribution is 2.14. The van der Waals surface area contributed by atoms with Crippen molar-refractivity contribution in [1.82, 2.24) is 9.78 Å². The maximum Gasteiger partial charge on any atom is 0.356 e. The molecule has 2 N–H and O–H groups in total. The van der Waals surface area contributed by atoms with Gasteiger partial charge in [0.1, 0.15) is 0 Å². The molecule has 1 aromatic carbocycles. The molecule has 1 aromatic heterocycles. The molecule has 0 amide bonds. The molecule has 0 atom stereocenters. The third-order valence-corrected chi connectivity index (χ3v) is 3.39. The number of benzene rings is 1. The number of aromatic carboxylic acids is 1. The van der Waals surface area contributed by atoms with Crippen molar-refractivity contribution in [2.75, 3.05) is 12.4 Å². The van der Waals surface area contributed by atoms with Gasteiger partial charge in [0.2, 0.25) is 0 Å². The molecule has 7 nitrogen and oxygen atoms in total. The largest absolute Gasteiger partial charge is 0.476 e. The summed E-state index contributed by atoms with van der Waals surface area (Å²) in [6, 6.07) is 7.63. The van der Waals surface area contributed by atoms with Crippen LogP contribution < -0.4 is 5.32 Å². The van der Waals surface area contributed by atoms with Crippen LogP contribution >= 0.6 is 0 Å². The Kier molecular flexibility index (Phi) is 5.35. The fourth-order valence-electron chi connectivity index (χ4n) is 2.18. The zero-order valence-electron chi connectivity index (χ0n) is 13.1. The Morgan fingerprint density at radius 2 is 2.00 bits per heavy atom. The first-order valence-electron chi connectivity index (χ1n) is 7.15. The smallest absolute Gasteiger partial charge is 0.356 e. The molecule has 122 valence electrons. The number of aryl methyl sites for hydroxylation is 2. The zero-order valence-corrected chi connectivity index (χ0v) is 13.1. The quantitative estimate of drug-likeness (QED) is 0.757. The van der Waals surface area contributed by atoms with Crippen LogP contribution in [-0.4, -0.2) is 33.9 Å². The van der Waals surface area contributed by atoms with Gasteiger partial charge in [0.15, 0.2) is 5.69 Å². The van der Waals surface area contributed by atoms with E-state index in [0.29, 0.717) is 24.9 Å². The number of carbonyl (C=O) groups is 2. The lowest BCUT2D eigenvalue weighted by Crippen LogP contribution is -2.06. The number of aromatic nitrogens is 2. The molecule has 0 aliphatic carbocycles. The molecule has 0 aliphatic rings. The summed E-state index contributed by atoms with van der Waals surface area (Å²) in [4.78, 5) is 22.2. The number of carboxylic acid groups (broad SMARTS) is 1. The highest BCUT2D eigenvalue weighted by Gasteiger charge is 2.14. The van der Waals surface area contributed by atoms with Crippen molar-refractivity contribution in [3.8, 4) is 0 Å². The lowest BCUT2D eigenvalue weighted by atomic mass is 10.1. The van der Waals surface area contributed by atoms with Crippen molar-refractivity contribution in [2.24, 2.45) is 7.05 Å². The second-order valence-corrected chi connectivity index (χ2v) is 5.11. The number of carbonyl (C=O) groups excluding carboxylic acids is 1. The average Bonchev–Trinajstić information content (AvgIpc) is 2.92. The van der Waals surface area contributed by atoms with Crippen LogP contribution in [0.4, 0.5) is 5.69 Å². The van der Waals surface area contributed by atoms with Crippen LogP contribution in [0.1, 0.15) is 28.0 Å². The third kappa shape index (κ3) is 4.57. The van der Waals surface area contributed by atoms with Gasteiger partial charge in [0.05, 0.1) is 7.11 Å². The summed E-state index contributed by atoms with van der Waals surface area (Å²) < 4.78 is 6.09. The van der Waals surface area contributed by atoms with Gasteiger partial charge in [-0.2, -0.15) is 5.10 Å². The molecule has 2 rings (SSSR count). The van der Waals surface area contributed by atoms with Crippen LogP contribution in [0.5, 0.6) is 0 Å². The van der Waals surface area contributed by atoms with E-state index in [-0.39, 0.29) is 11.7 Å². The van der Waals surface area contributed by atoms with E-state index in [1.807, 2.05) is 24.3 Å². The lowest BCUT2D eigenvalue weighted by Gasteiger charge is -2.07. The third-order valence-electron chi connectivity index (χ3n) is 3.39. The first-order valence-corrected chi connectivity index (χ1v) is 7.15. The Balaban J connectivity index is 1.94. The number of esters is 1. The van der Waals surface area contributed by atoms with Crippen molar-refractivity contribution >= 4 is 17.6 Å². The van der Waals surface area contributed by atoms with Crippen molar-refractivity contribution < 1.29 is 19.4 Å². The molecule has 0 radical (unpaired) electrons. The van der Waals surface area contributed by atoms with Gasteiger partial charge < -0.3 is 15.2 Å². The van der Waals surface area contributed by atoms with Gasteiger partial charge in [-0.15, -0.1) is 0 Å². The Bertz CT molecular complexity index is 692. The average molecular weight is 317 g/mol. The topological polar surface area (TPSA) is 93.5 Å². The van der Waals surface area contributed by atoms with E-state index in [9.17, 15) is 9.59 Å². The second kappa shape index (κ2) is 7.44. The van der Waals surface area contributed by atoms with Crippen molar-refractivity contribution in [3.63, 3.8) is 0 Å². The van der Waals surface area contributed by atoms with Gasteiger partial charge in [0, 0.05) is 37.5 Å². The molecule has 7 heteroatoms. The molecular formula is C16H19N3O4. The molecule has 0 unspecified atom stereocenters. The minimum absolute atomic E-state index is 0.0506. The normalized spacial score (nSPS) is 10.3. The summed E-state index contributed by atoms with van der Waals surface area (Å²) in [7, 11) is 3.06. The fraction of sp³-hybridized carbons (Fsp3) is 0.312. The maximum atomic E-state index is 11.1. The van der Waals surface area contributed by atoms with E-state index in [0.717, 1.165) is 11.3 Å². The molecule has 23 heavy (non-hydrogen) atoms. The van der Waals surface area contributed by atoms with Gasteiger partial charge in [-0.1, -0.05) is 12.1 Å². The van der Waals surface area contributed by atoms with E-state index in [4.69, 9.17) is 5.11 Å². The summed E-state index contributed by atoms with van der Waals surface area (Å²) >= 11 is 0. The molecule has 0 bridgehead atoms. The van der Waals surface area contributed by atoms with Crippen LogP contribution in [0.15, 0.2) is 30.5 Å². The standard InChI is InChI=1S/C16H19N3O4/c1-19-10-12(15(18-19)16(21)22)9-17-13-6-3-11(4-7-13)5-8-14(20)23-2/h3-4,6-7,10,17H,5,8-9H2,1-2H3,(H,21,22). The number of carboxylic acids is 1. The number of hydrogen-bond donors (Lipinski definition) is 2. The minimum atomic E-state index is -1.04. The van der Waals surface area contributed by atoms with E-state index < -0.39 is 5.97 Å². The van der Waals surface area contributed by atoms with Crippen molar-refractivity contribution in [2.45, 2.75) is 19.4 Å². The molecule has 0 aliphatic heterocycles. The van der Waals surface area contributed by atoms with E-state index >= 15 is 0 Å². The minimum Gasteiger partial charge on any atom is -0.476 e. The van der Waals surface area contributed by atoms with Crippen molar-refractivity contribution in [3.05, 3.63) is 47.3 Å². The van der Waals surface area contributed by atoms with Gasteiger partial charge in [-0.3, -0.25) is 9.48 Å². The van der Waals surface area contributed by atoms with Crippen LogP contribution in [0.3, 0.4) is 0 Å². The first kappa shape index (κ1) is 16.5. The summed E-state index contributed by atoms with van der Waals surface area (Å²) in [5.41, 5.74) is 2.57. The number of nitrogens with zero attached hydrogens (tertiary/aromatic N) is 2. The van der Waals surface area contributed by atoms with E-state index in [1.54, 1.807) is 13.2 Å². The van der Waals surface area contributed by atoms with Crippen molar-refractivity contribution in [1.29, 1.82) is 0 Å². The highest BCUT2D eigenvalue weighted by atomic mass is 16.5. The molecule has 0 saturated heterocycles. The molecular weight excluding hydrogens is 298 g/mol. The Hall–Kier alpha value is -2.83. The molecule has 2 aromatic rings. The summed E-state index contributed by atoms with van der Waals surface area (Å²) in [5, 5.41) is 16.2. The van der Waals surface area contributed by atoms with Crippen LogP contribution in [0, 0.1) is 0 Å². The number of rotatable bonds is 7. The molecule has 0 spiro atoms. The van der Waals surface area contributed by atoms with Crippen LogP contribution in [-0.2, 0) is 29.5 Å². The summed E-state index contributed by atoms with van der Waals surface area (Å²) in [6.07, 6.45) is 2.65. The number of hydrogen-bond acceptors (Lipinski definition) is 5. The van der Waals surface area contributed by atoms with E-state index in [1.165, 1.54) is 11.8 Å². The van der Waals surface area contributed by atoms with Gasteiger partial charge in [-0.05, 0) is 24.1 Å². The van der Waals surface area contributed by atoms with Crippen LogP contribution in [0.2, 0.25) is 0 Å². The highest BCUT2D eigenvalue weighted by molar-refractivity contribution is 5.87. The summed E-state index contributed by atoms with van der Waals surface area (Å²) in [5.74, 6) is -1.27. The SMILES string of the molecule is COC(=O)CCc1ccc(NCc2cn(C)nc2C(=O)O)cc1. The van der Waals surface area contributed by atoms with E-state index in [2.05, 4.69) is 15.2 Å². The maximum absolute atomic E-state index is 11.1. The van der Waals surface area contributed by atoms with Gasteiger partial charge in [-0.25, -0.2) is 4.79 Å². The van der Waals surface area contributed by atoms with Gasteiger partial charge >= 0.3 is 11.9 Å².